The Morgan fingerprint density at radius 3 is 2.67 bits per heavy atom. The fourth-order valence-electron chi connectivity index (χ4n) is 1.69. The average Bonchev–Trinajstić information content (AvgIpc) is 2.48. The third-order valence-electron chi connectivity index (χ3n) is 2.78. The van der Waals surface area contributed by atoms with Gasteiger partial charge in [-0.15, -0.1) is 0 Å². The number of H-pyrrole nitrogens is 1. The molecule has 1 aromatic heterocycles. The van der Waals surface area contributed by atoms with E-state index in [9.17, 15) is 9.59 Å². The smallest absolute Gasteiger partial charge is 0.264 e. The topological polar surface area (TPSA) is 95.1 Å². The van der Waals surface area contributed by atoms with Crippen LogP contribution in [0.5, 0.6) is 0 Å². The minimum absolute atomic E-state index is 0.0234. The summed E-state index contributed by atoms with van der Waals surface area (Å²) < 4.78 is 0. The first-order chi connectivity index (χ1) is 10.1. The lowest BCUT2D eigenvalue weighted by Gasteiger charge is -2.05. The molecular weight excluding hydrogens is 294 g/mol. The summed E-state index contributed by atoms with van der Waals surface area (Å²) in [5.41, 5.74) is 0.117. The molecule has 0 aliphatic heterocycles. The number of aliphatic hydroxyl groups is 1. The van der Waals surface area contributed by atoms with Crippen molar-refractivity contribution in [3.63, 3.8) is 0 Å². The van der Waals surface area contributed by atoms with E-state index in [1.807, 2.05) is 0 Å². The number of hydrogen-bond acceptors (Lipinski definition) is 4. The number of aliphatic hydroxyl groups excluding tert-OH is 1. The minimum atomic E-state index is -0.517. The highest BCUT2D eigenvalue weighted by atomic mass is 35.5. The fraction of sp³-hybridized carbons (Fsp3) is 0.214. The van der Waals surface area contributed by atoms with Gasteiger partial charge in [-0.1, -0.05) is 11.6 Å². The predicted molar refractivity (Wildman–Crippen MR) is 79.3 cm³/mol. The van der Waals surface area contributed by atoms with Crippen LogP contribution in [0.25, 0.3) is 11.4 Å². The van der Waals surface area contributed by atoms with Crippen LogP contribution >= 0.6 is 11.6 Å². The molecule has 1 heterocycles. The SMILES string of the molecule is O=C(NCCCO)c1cnc(-c2ccc(Cl)cc2)[nH]c1=O. The van der Waals surface area contributed by atoms with Gasteiger partial charge in [-0.25, -0.2) is 4.98 Å². The first-order valence-corrected chi connectivity index (χ1v) is 6.74. The van der Waals surface area contributed by atoms with Gasteiger partial charge in [0.05, 0.1) is 0 Å². The summed E-state index contributed by atoms with van der Waals surface area (Å²) in [5.74, 6) is -0.150. The van der Waals surface area contributed by atoms with Crippen LogP contribution in [0.15, 0.2) is 35.3 Å². The molecule has 0 aliphatic carbocycles. The summed E-state index contributed by atoms with van der Waals surface area (Å²) in [6, 6.07) is 6.82. The van der Waals surface area contributed by atoms with Gasteiger partial charge >= 0.3 is 0 Å². The molecule has 3 N–H and O–H groups in total. The molecule has 0 saturated heterocycles. The molecule has 1 amide bonds. The van der Waals surface area contributed by atoms with Crippen LogP contribution in [0.2, 0.25) is 5.02 Å². The van der Waals surface area contributed by atoms with Crippen molar-refractivity contribution in [3.8, 4) is 11.4 Å². The first-order valence-electron chi connectivity index (χ1n) is 6.36. The average molecular weight is 308 g/mol. The molecule has 0 unspecified atom stereocenters. The van der Waals surface area contributed by atoms with Gasteiger partial charge in [0.1, 0.15) is 11.4 Å². The molecule has 0 saturated carbocycles. The van der Waals surface area contributed by atoms with E-state index in [-0.39, 0.29) is 12.2 Å². The van der Waals surface area contributed by atoms with Crippen molar-refractivity contribution in [2.24, 2.45) is 0 Å². The maximum atomic E-state index is 11.9. The lowest BCUT2D eigenvalue weighted by Crippen LogP contribution is -2.31. The second-order valence-electron chi connectivity index (χ2n) is 4.31. The van der Waals surface area contributed by atoms with Gasteiger partial charge in [0.25, 0.3) is 11.5 Å². The van der Waals surface area contributed by atoms with Crippen LogP contribution in [0.1, 0.15) is 16.8 Å². The molecule has 7 heteroatoms. The molecule has 0 aliphatic rings. The van der Waals surface area contributed by atoms with Crippen LogP contribution in [0.3, 0.4) is 0 Å². The number of aromatic amines is 1. The molecular formula is C14H14ClN3O3. The van der Waals surface area contributed by atoms with E-state index in [2.05, 4.69) is 15.3 Å². The standard InChI is InChI=1S/C14H14ClN3O3/c15-10-4-2-9(3-5-10)12-17-8-11(14(21)18-12)13(20)16-6-1-7-19/h2-5,8,19H,1,6-7H2,(H,16,20)(H,17,18,21). The zero-order valence-electron chi connectivity index (χ0n) is 11.1. The molecule has 0 spiro atoms. The molecule has 0 radical (unpaired) electrons. The molecule has 6 nitrogen and oxygen atoms in total. The Bertz CT molecular complexity index is 683. The van der Waals surface area contributed by atoms with E-state index in [1.165, 1.54) is 6.20 Å². The summed E-state index contributed by atoms with van der Waals surface area (Å²) in [6.07, 6.45) is 1.66. The quantitative estimate of drug-likeness (QED) is 0.723. The summed E-state index contributed by atoms with van der Waals surface area (Å²) in [7, 11) is 0. The van der Waals surface area contributed by atoms with Crippen molar-refractivity contribution >= 4 is 17.5 Å². The number of rotatable bonds is 5. The molecule has 0 atom stereocenters. The Morgan fingerprint density at radius 2 is 2.05 bits per heavy atom. The zero-order chi connectivity index (χ0) is 15.2. The highest BCUT2D eigenvalue weighted by molar-refractivity contribution is 6.30. The van der Waals surface area contributed by atoms with Crippen molar-refractivity contribution in [2.45, 2.75) is 6.42 Å². The normalized spacial score (nSPS) is 10.4. The zero-order valence-corrected chi connectivity index (χ0v) is 11.9. The fourth-order valence-corrected chi connectivity index (χ4v) is 1.81. The predicted octanol–water partition coefficient (Wildman–Crippen LogP) is 1.20. The minimum Gasteiger partial charge on any atom is -0.396 e. The van der Waals surface area contributed by atoms with Crippen molar-refractivity contribution in [1.29, 1.82) is 0 Å². The lowest BCUT2D eigenvalue weighted by molar-refractivity contribution is 0.0949. The molecule has 2 aromatic rings. The number of carbonyl (C=O) groups excluding carboxylic acids is 1. The Balaban J connectivity index is 2.19. The van der Waals surface area contributed by atoms with Gasteiger partial charge in [0.15, 0.2) is 0 Å². The summed E-state index contributed by atoms with van der Waals surface area (Å²) in [6.45, 7) is 0.276. The molecule has 0 bridgehead atoms. The Hall–Kier alpha value is -2.18. The van der Waals surface area contributed by atoms with Crippen molar-refractivity contribution in [1.82, 2.24) is 15.3 Å². The van der Waals surface area contributed by atoms with Gasteiger partial charge in [-0.3, -0.25) is 9.59 Å². The maximum Gasteiger partial charge on any atom is 0.264 e. The molecule has 110 valence electrons. The van der Waals surface area contributed by atoms with Crippen molar-refractivity contribution in [3.05, 3.63) is 51.4 Å². The van der Waals surface area contributed by atoms with E-state index >= 15 is 0 Å². The van der Waals surface area contributed by atoms with E-state index in [0.29, 0.717) is 29.4 Å². The highest BCUT2D eigenvalue weighted by Crippen LogP contribution is 2.16. The largest absolute Gasteiger partial charge is 0.396 e. The van der Waals surface area contributed by atoms with Crippen molar-refractivity contribution < 1.29 is 9.90 Å². The summed E-state index contributed by atoms with van der Waals surface area (Å²) in [4.78, 5) is 30.3. The van der Waals surface area contributed by atoms with Crippen LogP contribution in [0.4, 0.5) is 0 Å². The molecule has 1 aromatic carbocycles. The van der Waals surface area contributed by atoms with Crippen LogP contribution in [-0.4, -0.2) is 34.1 Å². The van der Waals surface area contributed by atoms with E-state index in [4.69, 9.17) is 16.7 Å². The van der Waals surface area contributed by atoms with Gasteiger partial charge in [0.2, 0.25) is 0 Å². The maximum absolute atomic E-state index is 11.9. The van der Waals surface area contributed by atoms with Crippen LogP contribution in [-0.2, 0) is 0 Å². The van der Waals surface area contributed by atoms with Crippen LogP contribution < -0.4 is 10.9 Å². The second kappa shape index (κ2) is 7.01. The third-order valence-corrected chi connectivity index (χ3v) is 3.03. The van der Waals surface area contributed by atoms with E-state index < -0.39 is 11.5 Å². The second-order valence-corrected chi connectivity index (χ2v) is 4.75. The Kier molecular flexibility index (Phi) is 5.08. The molecule has 21 heavy (non-hydrogen) atoms. The number of aromatic nitrogens is 2. The number of hydrogen-bond donors (Lipinski definition) is 3. The van der Waals surface area contributed by atoms with Gasteiger partial charge in [0, 0.05) is 29.9 Å². The van der Waals surface area contributed by atoms with E-state index in [1.54, 1.807) is 24.3 Å². The lowest BCUT2D eigenvalue weighted by atomic mass is 10.2. The number of halogens is 1. The number of amides is 1. The molecule has 0 fully saturated rings. The number of nitrogens with one attached hydrogen (secondary N) is 2. The third kappa shape index (κ3) is 3.90. The molecule has 2 rings (SSSR count). The Labute approximate surface area is 125 Å². The number of nitrogens with zero attached hydrogens (tertiary/aromatic N) is 1. The Morgan fingerprint density at radius 1 is 1.33 bits per heavy atom. The van der Waals surface area contributed by atoms with Gasteiger partial charge < -0.3 is 15.4 Å². The first kappa shape index (κ1) is 15.2. The number of benzene rings is 1. The summed E-state index contributed by atoms with van der Waals surface area (Å²) >= 11 is 5.79. The highest BCUT2D eigenvalue weighted by Gasteiger charge is 2.11. The number of carbonyl (C=O) groups is 1. The van der Waals surface area contributed by atoms with Gasteiger partial charge in [-0.05, 0) is 30.7 Å². The van der Waals surface area contributed by atoms with Crippen molar-refractivity contribution in [2.75, 3.05) is 13.2 Å². The monoisotopic (exact) mass is 307 g/mol. The van der Waals surface area contributed by atoms with Gasteiger partial charge in [-0.2, -0.15) is 0 Å². The summed E-state index contributed by atoms with van der Waals surface area (Å²) in [5, 5.41) is 11.8. The van der Waals surface area contributed by atoms with E-state index in [0.717, 1.165) is 0 Å². The van der Waals surface area contributed by atoms with Crippen LogP contribution in [0, 0.1) is 0 Å².